The summed E-state index contributed by atoms with van der Waals surface area (Å²) in [5.41, 5.74) is 1.87. The first-order chi connectivity index (χ1) is 5.61. The van der Waals surface area contributed by atoms with E-state index in [2.05, 4.69) is 6.92 Å². The summed E-state index contributed by atoms with van der Waals surface area (Å²) in [6, 6.07) is 0. The molecule has 2 bridgehead atoms. The first-order valence-electron chi connectivity index (χ1n) is 4.55. The lowest BCUT2D eigenvalue weighted by molar-refractivity contribution is -0.133. The molecule has 2 aliphatic carbocycles. The van der Waals surface area contributed by atoms with E-state index >= 15 is 0 Å². The van der Waals surface area contributed by atoms with E-state index in [0.717, 1.165) is 24.0 Å². The van der Waals surface area contributed by atoms with E-state index in [0.29, 0.717) is 17.8 Å². The van der Waals surface area contributed by atoms with Crippen LogP contribution in [0.5, 0.6) is 0 Å². The van der Waals surface area contributed by atoms with Crippen molar-refractivity contribution in [2.45, 2.75) is 26.7 Å². The van der Waals surface area contributed by atoms with Gasteiger partial charge in [-0.05, 0) is 37.5 Å². The van der Waals surface area contributed by atoms with Gasteiger partial charge in [0, 0.05) is 5.57 Å². The number of hydrogen-bond acceptors (Lipinski definition) is 1. The summed E-state index contributed by atoms with van der Waals surface area (Å²) in [5, 5.41) is 8.93. The molecule has 0 aromatic carbocycles. The highest BCUT2D eigenvalue weighted by Crippen LogP contribution is 2.51. The first kappa shape index (κ1) is 7.84. The van der Waals surface area contributed by atoms with Gasteiger partial charge in [-0.1, -0.05) is 12.5 Å². The van der Waals surface area contributed by atoms with Crippen LogP contribution in [0, 0.1) is 17.8 Å². The number of carboxylic acids is 1. The molecule has 0 aliphatic heterocycles. The van der Waals surface area contributed by atoms with Crippen molar-refractivity contribution in [2.75, 3.05) is 0 Å². The minimum atomic E-state index is -0.688. The average molecular weight is 166 g/mol. The molecule has 66 valence electrons. The van der Waals surface area contributed by atoms with Crippen molar-refractivity contribution in [3.63, 3.8) is 0 Å². The maximum Gasteiger partial charge on any atom is 0.331 e. The van der Waals surface area contributed by atoms with E-state index < -0.39 is 5.97 Å². The highest BCUT2D eigenvalue weighted by atomic mass is 16.4. The van der Waals surface area contributed by atoms with Gasteiger partial charge in [0.2, 0.25) is 0 Å². The summed E-state index contributed by atoms with van der Waals surface area (Å²) in [6.45, 7) is 4.22. The van der Waals surface area contributed by atoms with E-state index in [4.69, 9.17) is 5.11 Å². The van der Waals surface area contributed by atoms with Gasteiger partial charge in [-0.2, -0.15) is 0 Å². The minimum Gasteiger partial charge on any atom is -0.478 e. The van der Waals surface area contributed by atoms with Crippen molar-refractivity contribution in [3.8, 4) is 0 Å². The molecule has 0 spiro atoms. The quantitative estimate of drug-likeness (QED) is 0.647. The van der Waals surface area contributed by atoms with Gasteiger partial charge in [0.1, 0.15) is 0 Å². The molecule has 3 atom stereocenters. The van der Waals surface area contributed by atoms with E-state index in [1.54, 1.807) is 0 Å². The van der Waals surface area contributed by atoms with Crippen LogP contribution in [0.1, 0.15) is 26.7 Å². The second-order valence-corrected chi connectivity index (χ2v) is 4.15. The third-order valence-electron chi connectivity index (χ3n) is 3.50. The van der Waals surface area contributed by atoms with Crippen molar-refractivity contribution in [2.24, 2.45) is 17.8 Å². The summed E-state index contributed by atoms with van der Waals surface area (Å²) in [4.78, 5) is 10.9. The molecule has 0 aromatic heterocycles. The summed E-state index contributed by atoms with van der Waals surface area (Å²) < 4.78 is 0. The maximum absolute atomic E-state index is 10.9. The van der Waals surface area contributed by atoms with Crippen LogP contribution in [0.3, 0.4) is 0 Å². The number of fused-ring (bicyclic) bond motifs is 2. The molecular formula is C10H14O2. The second kappa shape index (κ2) is 2.35. The number of allylic oxidation sites excluding steroid dienone is 1. The highest BCUT2D eigenvalue weighted by molar-refractivity contribution is 5.89. The normalized spacial score (nSPS) is 39.3. The van der Waals surface area contributed by atoms with Crippen molar-refractivity contribution in [3.05, 3.63) is 11.1 Å². The Morgan fingerprint density at radius 3 is 2.58 bits per heavy atom. The van der Waals surface area contributed by atoms with Gasteiger partial charge in [0.15, 0.2) is 0 Å². The van der Waals surface area contributed by atoms with Crippen molar-refractivity contribution >= 4 is 5.97 Å². The van der Waals surface area contributed by atoms with E-state index in [1.807, 2.05) is 6.92 Å². The lowest BCUT2D eigenvalue weighted by Crippen LogP contribution is -2.15. The molecule has 0 saturated heterocycles. The minimum absolute atomic E-state index is 0.363. The molecule has 2 heteroatoms. The van der Waals surface area contributed by atoms with Crippen LogP contribution in [0.4, 0.5) is 0 Å². The predicted molar refractivity (Wildman–Crippen MR) is 45.7 cm³/mol. The fourth-order valence-electron chi connectivity index (χ4n) is 2.95. The van der Waals surface area contributed by atoms with Crippen molar-refractivity contribution in [1.29, 1.82) is 0 Å². The molecule has 0 radical (unpaired) electrons. The Labute approximate surface area is 72.3 Å². The monoisotopic (exact) mass is 166 g/mol. The Kier molecular flexibility index (Phi) is 1.53. The summed E-state index contributed by atoms with van der Waals surface area (Å²) in [7, 11) is 0. The molecule has 0 amide bonds. The Morgan fingerprint density at radius 1 is 1.50 bits per heavy atom. The second-order valence-electron chi connectivity index (χ2n) is 4.15. The molecule has 3 unspecified atom stereocenters. The lowest BCUT2D eigenvalue weighted by Gasteiger charge is -2.19. The standard InChI is InChI=1S/C10H14O2/c1-5-3-7-4-8(5)6(2)9(7)10(11)12/h5,7-8H,3-4H2,1-2H3,(H,11,12). The SMILES string of the molecule is CC1=C(C(=O)O)C2CC(C)C1C2. The summed E-state index contributed by atoms with van der Waals surface area (Å²) in [6.07, 6.45) is 2.18. The molecule has 1 fully saturated rings. The molecule has 2 nitrogen and oxygen atoms in total. The summed E-state index contributed by atoms with van der Waals surface area (Å²) in [5.74, 6) is 0.952. The molecular weight excluding hydrogens is 152 g/mol. The fraction of sp³-hybridized carbons (Fsp3) is 0.700. The average Bonchev–Trinajstić information content (AvgIpc) is 2.42. The molecule has 1 N–H and O–H groups in total. The Bertz CT molecular complexity index is 265. The van der Waals surface area contributed by atoms with Crippen LogP contribution in [0.15, 0.2) is 11.1 Å². The van der Waals surface area contributed by atoms with Crippen LogP contribution in [0.25, 0.3) is 0 Å². The van der Waals surface area contributed by atoms with Crippen LogP contribution in [-0.4, -0.2) is 11.1 Å². The van der Waals surface area contributed by atoms with Crippen LogP contribution in [-0.2, 0) is 4.79 Å². The molecule has 2 rings (SSSR count). The zero-order valence-corrected chi connectivity index (χ0v) is 7.50. The Balaban J connectivity index is 2.36. The molecule has 0 aromatic rings. The zero-order valence-electron chi connectivity index (χ0n) is 7.50. The van der Waals surface area contributed by atoms with E-state index in [-0.39, 0.29) is 0 Å². The number of carbonyl (C=O) groups is 1. The van der Waals surface area contributed by atoms with Crippen LogP contribution < -0.4 is 0 Å². The zero-order chi connectivity index (χ0) is 8.88. The van der Waals surface area contributed by atoms with Gasteiger partial charge in [-0.3, -0.25) is 0 Å². The molecule has 0 heterocycles. The fourth-order valence-corrected chi connectivity index (χ4v) is 2.95. The smallest absolute Gasteiger partial charge is 0.331 e. The van der Waals surface area contributed by atoms with Crippen LogP contribution in [0.2, 0.25) is 0 Å². The Morgan fingerprint density at radius 2 is 2.17 bits per heavy atom. The molecule has 2 aliphatic rings. The number of carboxylic acid groups (broad SMARTS) is 1. The highest BCUT2D eigenvalue weighted by Gasteiger charge is 2.43. The molecule has 1 saturated carbocycles. The predicted octanol–water partition coefficient (Wildman–Crippen LogP) is 2.06. The van der Waals surface area contributed by atoms with Crippen molar-refractivity contribution < 1.29 is 9.90 Å². The lowest BCUT2D eigenvalue weighted by atomic mass is 9.85. The van der Waals surface area contributed by atoms with Crippen molar-refractivity contribution in [1.82, 2.24) is 0 Å². The first-order valence-corrected chi connectivity index (χ1v) is 4.55. The molecule has 12 heavy (non-hydrogen) atoms. The number of aliphatic carboxylic acids is 1. The number of rotatable bonds is 1. The van der Waals surface area contributed by atoms with Crippen LogP contribution >= 0.6 is 0 Å². The van der Waals surface area contributed by atoms with Gasteiger partial charge in [-0.25, -0.2) is 4.79 Å². The summed E-state index contributed by atoms with van der Waals surface area (Å²) >= 11 is 0. The van der Waals surface area contributed by atoms with E-state index in [1.165, 1.54) is 0 Å². The van der Waals surface area contributed by atoms with Gasteiger partial charge in [-0.15, -0.1) is 0 Å². The maximum atomic E-state index is 10.9. The number of hydrogen-bond donors (Lipinski definition) is 1. The third kappa shape index (κ3) is 0.838. The van der Waals surface area contributed by atoms with Gasteiger partial charge < -0.3 is 5.11 Å². The topological polar surface area (TPSA) is 37.3 Å². The van der Waals surface area contributed by atoms with Gasteiger partial charge in [0.25, 0.3) is 0 Å². The van der Waals surface area contributed by atoms with E-state index in [9.17, 15) is 4.79 Å². The largest absolute Gasteiger partial charge is 0.478 e. The van der Waals surface area contributed by atoms with Gasteiger partial charge in [0.05, 0.1) is 0 Å². The third-order valence-corrected chi connectivity index (χ3v) is 3.50. The Hall–Kier alpha value is -0.790. The van der Waals surface area contributed by atoms with Gasteiger partial charge >= 0.3 is 5.97 Å².